The zero-order chi connectivity index (χ0) is 15.0. The molecule has 0 aliphatic carbocycles. The molecule has 1 aromatic heterocycles. The fourth-order valence-electron chi connectivity index (χ4n) is 1.94. The summed E-state index contributed by atoms with van der Waals surface area (Å²) in [6.07, 6.45) is 0.132. The van der Waals surface area contributed by atoms with E-state index in [1.54, 1.807) is 6.92 Å². The highest BCUT2D eigenvalue weighted by Crippen LogP contribution is 2.25. The van der Waals surface area contributed by atoms with Gasteiger partial charge in [-0.15, -0.1) is 0 Å². The maximum Gasteiger partial charge on any atom is 0.251 e. The SMILES string of the molecule is Cc1c(Cl)nc(C(C)C)nc1NC1CC(=O)N(C)C1=O. The molecule has 2 rings (SSSR count). The van der Waals surface area contributed by atoms with Crippen molar-refractivity contribution in [2.75, 3.05) is 12.4 Å². The highest BCUT2D eigenvalue weighted by atomic mass is 35.5. The van der Waals surface area contributed by atoms with E-state index in [4.69, 9.17) is 11.6 Å². The number of likely N-dealkylation sites (tertiary alicyclic amines) is 1. The first-order chi connectivity index (χ1) is 9.31. The Kier molecular flexibility index (Phi) is 3.94. The summed E-state index contributed by atoms with van der Waals surface area (Å²) < 4.78 is 0. The Hall–Kier alpha value is -1.69. The summed E-state index contributed by atoms with van der Waals surface area (Å²) in [5.74, 6) is 0.783. The number of carbonyl (C=O) groups is 2. The molecule has 20 heavy (non-hydrogen) atoms. The second-order valence-corrected chi connectivity index (χ2v) is 5.55. The number of hydrogen-bond acceptors (Lipinski definition) is 5. The van der Waals surface area contributed by atoms with Crippen LogP contribution >= 0.6 is 11.6 Å². The van der Waals surface area contributed by atoms with Crippen LogP contribution in [0.15, 0.2) is 0 Å². The molecule has 0 saturated carbocycles. The molecule has 0 radical (unpaired) electrons. The molecule has 1 atom stereocenters. The number of aromatic nitrogens is 2. The predicted octanol–water partition coefficient (Wildman–Crippen LogP) is 1.73. The van der Waals surface area contributed by atoms with Gasteiger partial charge in [0.15, 0.2) is 0 Å². The Labute approximate surface area is 122 Å². The van der Waals surface area contributed by atoms with E-state index in [0.717, 1.165) is 4.90 Å². The smallest absolute Gasteiger partial charge is 0.251 e. The number of anilines is 1. The Morgan fingerprint density at radius 2 is 2.00 bits per heavy atom. The third-order valence-electron chi connectivity index (χ3n) is 3.31. The van der Waals surface area contributed by atoms with Crippen LogP contribution in [-0.4, -0.2) is 39.8 Å². The van der Waals surface area contributed by atoms with Crippen LogP contribution in [0.4, 0.5) is 5.82 Å². The zero-order valence-electron chi connectivity index (χ0n) is 11.9. The molecule has 0 aromatic carbocycles. The van der Waals surface area contributed by atoms with Crippen molar-refractivity contribution in [3.63, 3.8) is 0 Å². The van der Waals surface area contributed by atoms with Gasteiger partial charge in [0.05, 0.1) is 6.42 Å². The van der Waals surface area contributed by atoms with E-state index in [1.807, 2.05) is 13.8 Å². The molecule has 0 spiro atoms. The first kappa shape index (κ1) is 14.7. The molecule has 2 heterocycles. The summed E-state index contributed by atoms with van der Waals surface area (Å²) in [5, 5.41) is 3.37. The molecule has 1 aromatic rings. The number of amides is 2. The van der Waals surface area contributed by atoms with Crippen molar-refractivity contribution in [3.05, 3.63) is 16.5 Å². The lowest BCUT2D eigenvalue weighted by Gasteiger charge is -2.16. The van der Waals surface area contributed by atoms with Crippen LogP contribution in [-0.2, 0) is 9.59 Å². The highest BCUT2D eigenvalue weighted by Gasteiger charge is 2.36. The van der Waals surface area contributed by atoms with E-state index >= 15 is 0 Å². The third-order valence-corrected chi connectivity index (χ3v) is 3.68. The van der Waals surface area contributed by atoms with Gasteiger partial charge in [0, 0.05) is 18.5 Å². The second kappa shape index (κ2) is 5.36. The van der Waals surface area contributed by atoms with Crippen LogP contribution < -0.4 is 5.32 Å². The minimum Gasteiger partial charge on any atom is -0.358 e. The molecule has 1 saturated heterocycles. The van der Waals surface area contributed by atoms with Crippen molar-refractivity contribution < 1.29 is 9.59 Å². The van der Waals surface area contributed by atoms with Gasteiger partial charge in [-0.05, 0) is 6.92 Å². The quantitative estimate of drug-likeness (QED) is 0.679. The average Bonchev–Trinajstić information content (AvgIpc) is 2.62. The van der Waals surface area contributed by atoms with Crippen molar-refractivity contribution in [1.82, 2.24) is 14.9 Å². The van der Waals surface area contributed by atoms with Crippen LogP contribution in [0.5, 0.6) is 0 Å². The molecule has 2 amide bonds. The summed E-state index contributed by atoms with van der Waals surface area (Å²) in [7, 11) is 1.48. The van der Waals surface area contributed by atoms with Crippen LogP contribution in [0, 0.1) is 6.92 Å². The average molecular weight is 297 g/mol. The lowest BCUT2D eigenvalue weighted by atomic mass is 10.2. The summed E-state index contributed by atoms with van der Waals surface area (Å²) >= 11 is 6.09. The largest absolute Gasteiger partial charge is 0.358 e. The van der Waals surface area contributed by atoms with Gasteiger partial charge in [-0.3, -0.25) is 14.5 Å². The number of nitrogens with one attached hydrogen (secondary N) is 1. The third kappa shape index (κ3) is 2.60. The van der Waals surface area contributed by atoms with E-state index in [-0.39, 0.29) is 24.2 Å². The number of imide groups is 1. The maximum absolute atomic E-state index is 11.9. The van der Waals surface area contributed by atoms with E-state index < -0.39 is 6.04 Å². The van der Waals surface area contributed by atoms with Gasteiger partial charge in [0.1, 0.15) is 22.8 Å². The van der Waals surface area contributed by atoms with Gasteiger partial charge in [-0.1, -0.05) is 25.4 Å². The molecule has 1 N–H and O–H groups in total. The number of likely N-dealkylation sites (N-methyl/N-ethyl adjacent to an activating group) is 1. The fourth-order valence-corrected chi connectivity index (χ4v) is 2.11. The molecule has 1 aliphatic heterocycles. The highest BCUT2D eigenvalue weighted by molar-refractivity contribution is 6.30. The van der Waals surface area contributed by atoms with Gasteiger partial charge in [-0.2, -0.15) is 0 Å². The van der Waals surface area contributed by atoms with Gasteiger partial charge in [-0.25, -0.2) is 9.97 Å². The lowest BCUT2D eigenvalue weighted by molar-refractivity contribution is -0.136. The summed E-state index contributed by atoms with van der Waals surface area (Å²) in [4.78, 5) is 33.1. The van der Waals surface area contributed by atoms with Gasteiger partial charge in [0.2, 0.25) is 5.91 Å². The van der Waals surface area contributed by atoms with Crippen LogP contribution in [0.25, 0.3) is 0 Å². The van der Waals surface area contributed by atoms with Gasteiger partial charge in [0.25, 0.3) is 5.91 Å². The Morgan fingerprint density at radius 3 is 2.50 bits per heavy atom. The summed E-state index contributed by atoms with van der Waals surface area (Å²) in [6.45, 7) is 5.70. The van der Waals surface area contributed by atoms with Gasteiger partial charge >= 0.3 is 0 Å². The molecule has 0 bridgehead atoms. The van der Waals surface area contributed by atoms with Crippen LogP contribution in [0.3, 0.4) is 0 Å². The van der Waals surface area contributed by atoms with E-state index in [1.165, 1.54) is 7.05 Å². The monoisotopic (exact) mass is 296 g/mol. The van der Waals surface area contributed by atoms with Crippen molar-refractivity contribution in [2.24, 2.45) is 0 Å². The minimum atomic E-state index is -0.586. The van der Waals surface area contributed by atoms with E-state index in [9.17, 15) is 9.59 Å². The molecule has 6 nitrogen and oxygen atoms in total. The number of carbonyl (C=O) groups excluding carboxylic acids is 2. The molecular formula is C13H17ClN4O2. The maximum atomic E-state index is 11.9. The Bertz CT molecular complexity index is 574. The summed E-state index contributed by atoms with van der Waals surface area (Å²) in [6, 6.07) is -0.586. The normalized spacial score (nSPS) is 19.1. The predicted molar refractivity (Wildman–Crippen MR) is 75.7 cm³/mol. The number of rotatable bonds is 3. The Morgan fingerprint density at radius 1 is 1.35 bits per heavy atom. The van der Waals surface area contributed by atoms with E-state index in [0.29, 0.717) is 22.4 Å². The summed E-state index contributed by atoms with van der Waals surface area (Å²) in [5.41, 5.74) is 0.672. The lowest BCUT2D eigenvalue weighted by Crippen LogP contribution is -2.32. The number of halogens is 1. The fraction of sp³-hybridized carbons (Fsp3) is 0.538. The van der Waals surface area contributed by atoms with Crippen LogP contribution in [0.2, 0.25) is 5.15 Å². The first-order valence-corrected chi connectivity index (χ1v) is 6.80. The molecule has 1 fully saturated rings. The standard InChI is InChI=1S/C13H17ClN4O2/c1-6(2)11-16-10(14)7(3)12(17-11)15-8-5-9(19)18(4)13(8)20/h6,8H,5H2,1-4H3,(H,15,16,17). The van der Waals surface area contributed by atoms with E-state index in [2.05, 4.69) is 15.3 Å². The van der Waals surface area contributed by atoms with Crippen molar-refractivity contribution in [1.29, 1.82) is 0 Å². The first-order valence-electron chi connectivity index (χ1n) is 6.42. The Balaban J connectivity index is 2.30. The van der Waals surface area contributed by atoms with Crippen LogP contribution in [0.1, 0.15) is 37.6 Å². The van der Waals surface area contributed by atoms with Crippen molar-refractivity contribution >= 4 is 29.2 Å². The topological polar surface area (TPSA) is 75.2 Å². The van der Waals surface area contributed by atoms with Crippen molar-refractivity contribution in [3.8, 4) is 0 Å². The number of nitrogens with zero attached hydrogens (tertiary/aromatic N) is 3. The van der Waals surface area contributed by atoms with Gasteiger partial charge < -0.3 is 5.32 Å². The van der Waals surface area contributed by atoms with Crippen molar-refractivity contribution in [2.45, 2.75) is 39.2 Å². The molecule has 108 valence electrons. The molecular weight excluding hydrogens is 280 g/mol. The molecule has 1 unspecified atom stereocenters. The second-order valence-electron chi connectivity index (χ2n) is 5.19. The minimum absolute atomic E-state index is 0.122. The molecule has 7 heteroatoms. The number of hydrogen-bond donors (Lipinski definition) is 1. The zero-order valence-corrected chi connectivity index (χ0v) is 12.7. The molecule has 1 aliphatic rings.